The van der Waals surface area contributed by atoms with E-state index in [0.29, 0.717) is 12.6 Å². The first kappa shape index (κ1) is 17.2. The summed E-state index contributed by atoms with van der Waals surface area (Å²) in [6, 6.07) is 27.6. The molecule has 2 nitrogen and oxygen atoms in total. The lowest BCUT2D eigenvalue weighted by molar-refractivity contribution is 0.305. The maximum atomic E-state index is 5.95. The van der Waals surface area contributed by atoms with Gasteiger partial charge < -0.3 is 10.1 Å². The fraction of sp³-hybridized carbons (Fsp3) is 0.217. The topological polar surface area (TPSA) is 21.3 Å². The number of aryl methyl sites for hydroxylation is 1. The first-order valence-electron chi connectivity index (χ1n) is 8.76. The molecule has 0 aliphatic carbocycles. The number of hydrogen-bond donors (Lipinski definition) is 1. The van der Waals surface area contributed by atoms with E-state index in [1.54, 1.807) is 0 Å². The van der Waals surface area contributed by atoms with Crippen molar-refractivity contribution in [2.45, 2.75) is 33.0 Å². The van der Waals surface area contributed by atoms with E-state index in [2.05, 4.69) is 85.9 Å². The van der Waals surface area contributed by atoms with E-state index in [1.165, 1.54) is 22.3 Å². The predicted molar refractivity (Wildman–Crippen MR) is 104 cm³/mol. The summed E-state index contributed by atoms with van der Waals surface area (Å²) >= 11 is 0. The SMILES string of the molecule is Cc1cccc(COc2cccc(CN[C@@H](C)c3ccccc3)c2)c1. The lowest BCUT2D eigenvalue weighted by Gasteiger charge is -2.15. The van der Waals surface area contributed by atoms with Gasteiger partial charge in [-0.15, -0.1) is 0 Å². The quantitative estimate of drug-likeness (QED) is 0.624. The molecule has 0 fully saturated rings. The van der Waals surface area contributed by atoms with E-state index < -0.39 is 0 Å². The molecular formula is C23H25NO. The summed E-state index contributed by atoms with van der Waals surface area (Å²) in [5, 5.41) is 3.57. The second-order valence-corrected chi connectivity index (χ2v) is 6.44. The molecule has 2 heteroatoms. The van der Waals surface area contributed by atoms with E-state index in [1.807, 2.05) is 12.1 Å². The van der Waals surface area contributed by atoms with Gasteiger partial charge in [0, 0.05) is 12.6 Å². The van der Waals surface area contributed by atoms with E-state index in [4.69, 9.17) is 4.74 Å². The molecule has 0 radical (unpaired) electrons. The predicted octanol–water partition coefficient (Wildman–Crippen LogP) is 5.42. The van der Waals surface area contributed by atoms with Gasteiger partial charge in [0.15, 0.2) is 0 Å². The van der Waals surface area contributed by atoms with Gasteiger partial charge in [0.25, 0.3) is 0 Å². The van der Waals surface area contributed by atoms with Crippen LogP contribution in [-0.4, -0.2) is 0 Å². The van der Waals surface area contributed by atoms with Crippen molar-refractivity contribution < 1.29 is 4.74 Å². The van der Waals surface area contributed by atoms with Crippen molar-refractivity contribution in [2.75, 3.05) is 0 Å². The Morgan fingerprint density at radius 3 is 2.40 bits per heavy atom. The minimum atomic E-state index is 0.318. The van der Waals surface area contributed by atoms with Crippen LogP contribution in [0.4, 0.5) is 0 Å². The highest BCUT2D eigenvalue weighted by molar-refractivity contribution is 5.29. The van der Waals surface area contributed by atoms with Crippen LogP contribution in [0.25, 0.3) is 0 Å². The van der Waals surface area contributed by atoms with Crippen LogP contribution in [0.5, 0.6) is 5.75 Å². The van der Waals surface area contributed by atoms with Crippen molar-refractivity contribution in [3.05, 3.63) is 101 Å². The highest BCUT2D eigenvalue weighted by Crippen LogP contribution is 2.17. The number of rotatable bonds is 7. The van der Waals surface area contributed by atoms with Gasteiger partial charge >= 0.3 is 0 Å². The zero-order valence-electron chi connectivity index (χ0n) is 14.9. The van der Waals surface area contributed by atoms with Gasteiger partial charge in [-0.05, 0) is 42.7 Å². The summed E-state index contributed by atoms with van der Waals surface area (Å²) in [6.45, 7) is 5.70. The van der Waals surface area contributed by atoms with E-state index in [-0.39, 0.29) is 0 Å². The fourth-order valence-electron chi connectivity index (χ4n) is 2.84. The van der Waals surface area contributed by atoms with E-state index in [9.17, 15) is 0 Å². The average molecular weight is 331 g/mol. The third-order valence-corrected chi connectivity index (χ3v) is 4.30. The molecule has 3 rings (SSSR count). The van der Waals surface area contributed by atoms with Gasteiger partial charge in [-0.25, -0.2) is 0 Å². The molecular weight excluding hydrogens is 306 g/mol. The normalized spacial score (nSPS) is 11.9. The molecule has 1 N–H and O–H groups in total. The standard InChI is InChI=1S/C23H25NO/c1-18-8-6-10-21(14-18)17-25-23-13-7-9-20(15-23)16-24-19(2)22-11-4-3-5-12-22/h3-15,19,24H,16-17H2,1-2H3/t19-/m0/s1. The molecule has 0 aliphatic rings. The maximum Gasteiger partial charge on any atom is 0.120 e. The summed E-state index contributed by atoms with van der Waals surface area (Å²) < 4.78 is 5.95. The summed E-state index contributed by atoms with van der Waals surface area (Å²) in [5.74, 6) is 0.910. The lowest BCUT2D eigenvalue weighted by atomic mass is 10.1. The molecule has 1 atom stereocenters. The molecule has 25 heavy (non-hydrogen) atoms. The smallest absolute Gasteiger partial charge is 0.120 e. The first-order chi connectivity index (χ1) is 12.2. The Kier molecular flexibility index (Phi) is 5.86. The number of nitrogens with one attached hydrogen (secondary N) is 1. The molecule has 0 bridgehead atoms. The number of hydrogen-bond acceptors (Lipinski definition) is 2. The van der Waals surface area contributed by atoms with Crippen molar-refractivity contribution in [1.82, 2.24) is 5.32 Å². The van der Waals surface area contributed by atoms with Crippen LogP contribution in [0.1, 0.15) is 35.2 Å². The minimum absolute atomic E-state index is 0.318. The van der Waals surface area contributed by atoms with Crippen molar-refractivity contribution in [3.63, 3.8) is 0 Å². The monoisotopic (exact) mass is 331 g/mol. The molecule has 0 aliphatic heterocycles. The van der Waals surface area contributed by atoms with Crippen LogP contribution < -0.4 is 10.1 Å². The van der Waals surface area contributed by atoms with Gasteiger partial charge in [-0.3, -0.25) is 0 Å². The summed E-state index contributed by atoms with van der Waals surface area (Å²) in [4.78, 5) is 0. The van der Waals surface area contributed by atoms with Crippen molar-refractivity contribution >= 4 is 0 Å². The Balaban J connectivity index is 1.56. The molecule has 3 aromatic rings. The molecule has 0 amide bonds. The molecule has 0 heterocycles. The Labute approximate surface area is 150 Å². The molecule has 128 valence electrons. The minimum Gasteiger partial charge on any atom is -0.489 e. The molecule has 0 saturated heterocycles. The van der Waals surface area contributed by atoms with E-state index in [0.717, 1.165) is 12.3 Å². The van der Waals surface area contributed by atoms with Gasteiger partial charge in [0.05, 0.1) is 0 Å². The first-order valence-corrected chi connectivity index (χ1v) is 8.76. The highest BCUT2D eigenvalue weighted by Gasteiger charge is 2.05. The maximum absolute atomic E-state index is 5.95. The van der Waals surface area contributed by atoms with E-state index >= 15 is 0 Å². The van der Waals surface area contributed by atoms with Crippen molar-refractivity contribution in [2.24, 2.45) is 0 Å². The summed E-state index contributed by atoms with van der Waals surface area (Å²) in [7, 11) is 0. The number of ether oxygens (including phenoxy) is 1. The van der Waals surface area contributed by atoms with Crippen LogP contribution in [0, 0.1) is 6.92 Å². The van der Waals surface area contributed by atoms with Crippen LogP contribution in [0.3, 0.4) is 0 Å². The van der Waals surface area contributed by atoms with Crippen LogP contribution in [-0.2, 0) is 13.2 Å². The molecule has 0 spiro atoms. The van der Waals surface area contributed by atoms with Crippen molar-refractivity contribution in [1.29, 1.82) is 0 Å². The molecule has 0 aromatic heterocycles. The van der Waals surface area contributed by atoms with Gasteiger partial charge in [0.2, 0.25) is 0 Å². The van der Waals surface area contributed by atoms with Crippen LogP contribution in [0.15, 0.2) is 78.9 Å². The van der Waals surface area contributed by atoms with Crippen LogP contribution >= 0.6 is 0 Å². The Morgan fingerprint density at radius 2 is 1.60 bits per heavy atom. The fourth-order valence-corrected chi connectivity index (χ4v) is 2.84. The Hall–Kier alpha value is -2.58. The van der Waals surface area contributed by atoms with Gasteiger partial charge in [0.1, 0.15) is 12.4 Å². The third kappa shape index (κ3) is 5.20. The zero-order chi connectivity index (χ0) is 17.5. The molecule has 0 saturated carbocycles. The highest BCUT2D eigenvalue weighted by atomic mass is 16.5. The Bertz CT molecular complexity index is 798. The molecule has 0 unspecified atom stereocenters. The van der Waals surface area contributed by atoms with Gasteiger partial charge in [-0.1, -0.05) is 72.3 Å². The summed E-state index contributed by atoms with van der Waals surface area (Å²) in [5.41, 5.74) is 4.98. The van der Waals surface area contributed by atoms with Crippen molar-refractivity contribution in [3.8, 4) is 5.75 Å². The third-order valence-electron chi connectivity index (χ3n) is 4.30. The zero-order valence-corrected chi connectivity index (χ0v) is 14.9. The van der Waals surface area contributed by atoms with Crippen LogP contribution in [0.2, 0.25) is 0 Å². The second-order valence-electron chi connectivity index (χ2n) is 6.44. The largest absolute Gasteiger partial charge is 0.489 e. The Morgan fingerprint density at radius 1 is 0.840 bits per heavy atom. The number of benzene rings is 3. The summed E-state index contributed by atoms with van der Waals surface area (Å²) in [6.07, 6.45) is 0. The average Bonchev–Trinajstić information content (AvgIpc) is 2.65. The second kappa shape index (κ2) is 8.50. The lowest BCUT2D eigenvalue weighted by Crippen LogP contribution is -2.17. The van der Waals surface area contributed by atoms with Gasteiger partial charge in [-0.2, -0.15) is 0 Å². The molecule has 3 aromatic carbocycles.